The lowest BCUT2D eigenvalue weighted by Crippen LogP contribution is -2.49. The van der Waals surface area contributed by atoms with Crippen molar-refractivity contribution in [2.24, 2.45) is 5.92 Å². The Morgan fingerprint density at radius 2 is 2.03 bits per heavy atom. The van der Waals surface area contributed by atoms with Gasteiger partial charge in [-0.3, -0.25) is 14.3 Å². The number of aryl methyl sites for hydroxylation is 1. The Morgan fingerprint density at radius 3 is 2.63 bits per heavy atom. The summed E-state index contributed by atoms with van der Waals surface area (Å²) in [5, 5.41) is 4.53. The van der Waals surface area contributed by atoms with Gasteiger partial charge in [0.15, 0.2) is 0 Å². The van der Waals surface area contributed by atoms with Gasteiger partial charge in [-0.2, -0.15) is 18.3 Å². The molecule has 2 aromatic rings. The Hall–Kier alpha value is -2.43. The highest BCUT2D eigenvalue weighted by Crippen LogP contribution is 2.41. The van der Waals surface area contributed by atoms with Crippen LogP contribution in [0.15, 0.2) is 23.1 Å². The molecule has 1 saturated heterocycles. The van der Waals surface area contributed by atoms with E-state index >= 15 is 0 Å². The molecule has 0 N–H and O–H groups in total. The third kappa shape index (κ3) is 3.82. The molecule has 0 saturated carbocycles. The van der Waals surface area contributed by atoms with E-state index in [4.69, 9.17) is 11.6 Å². The first-order valence-corrected chi connectivity index (χ1v) is 9.81. The maximum atomic E-state index is 13.7. The number of likely N-dealkylation sites (tertiary alicyclic amines) is 1. The van der Waals surface area contributed by atoms with Gasteiger partial charge in [-0.05, 0) is 25.0 Å². The van der Waals surface area contributed by atoms with E-state index in [2.05, 4.69) is 10.1 Å². The standard InChI is InChI=1S/C18H18ClF4N5O2/c19-10-1-2-12(24-7-10)9-27-17(30)28-14(25-27)4-3-13(18(21,22)23)15(28)16(29)26-6-5-11(20)8-26/h1-2,7,11,13,15H,3-6,8-9H2/t11-,13+,15+/m0/s1. The SMILES string of the molecule is O=C([C@H]1[C@H](C(F)(F)F)CCc2nn(Cc3ccc(Cl)cn3)c(=O)n21)N1CC[C@H](F)C1. The summed E-state index contributed by atoms with van der Waals surface area (Å²) in [6.07, 6.45) is -5.00. The predicted octanol–water partition coefficient (Wildman–Crippen LogP) is 2.38. The first-order chi connectivity index (χ1) is 14.1. The van der Waals surface area contributed by atoms with Crippen molar-refractivity contribution in [3.8, 4) is 0 Å². The lowest BCUT2D eigenvalue weighted by molar-refractivity contribution is -0.196. The molecule has 12 heteroatoms. The van der Waals surface area contributed by atoms with Crippen LogP contribution in [-0.4, -0.2) is 55.6 Å². The number of nitrogens with zero attached hydrogens (tertiary/aromatic N) is 5. The molecule has 1 fully saturated rings. The van der Waals surface area contributed by atoms with Crippen molar-refractivity contribution in [2.45, 2.75) is 44.2 Å². The van der Waals surface area contributed by atoms with Gasteiger partial charge in [0.1, 0.15) is 18.0 Å². The van der Waals surface area contributed by atoms with Crippen LogP contribution in [0.1, 0.15) is 30.4 Å². The van der Waals surface area contributed by atoms with Gasteiger partial charge in [-0.15, -0.1) is 0 Å². The average molecular weight is 448 g/mol. The summed E-state index contributed by atoms with van der Waals surface area (Å²) in [5.41, 5.74) is -0.392. The van der Waals surface area contributed by atoms with Crippen molar-refractivity contribution in [1.29, 1.82) is 0 Å². The van der Waals surface area contributed by atoms with Crippen molar-refractivity contribution in [2.75, 3.05) is 13.1 Å². The molecule has 2 aliphatic rings. The quantitative estimate of drug-likeness (QED) is 0.677. The number of rotatable bonds is 3. The molecular formula is C18H18ClF4N5O2. The molecule has 162 valence electrons. The summed E-state index contributed by atoms with van der Waals surface area (Å²) in [5.74, 6) is -2.84. The van der Waals surface area contributed by atoms with Gasteiger partial charge in [0.2, 0.25) is 5.91 Å². The molecule has 0 unspecified atom stereocenters. The van der Waals surface area contributed by atoms with Crippen LogP contribution in [0.4, 0.5) is 17.6 Å². The van der Waals surface area contributed by atoms with Crippen LogP contribution >= 0.6 is 11.6 Å². The van der Waals surface area contributed by atoms with Gasteiger partial charge in [-0.1, -0.05) is 11.6 Å². The third-order valence-electron chi connectivity index (χ3n) is 5.50. The van der Waals surface area contributed by atoms with Crippen LogP contribution in [0.3, 0.4) is 0 Å². The second-order valence-electron chi connectivity index (χ2n) is 7.50. The molecule has 2 aromatic heterocycles. The van der Waals surface area contributed by atoms with Crippen molar-refractivity contribution < 1.29 is 22.4 Å². The maximum Gasteiger partial charge on any atom is 0.394 e. The fraction of sp³-hybridized carbons (Fsp3) is 0.556. The number of carbonyl (C=O) groups is 1. The number of amides is 1. The molecule has 0 radical (unpaired) electrons. The monoisotopic (exact) mass is 447 g/mol. The number of pyridine rings is 1. The fourth-order valence-electron chi connectivity index (χ4n) is 4.02. The van der Waals surface area contributed by atoms with Crippen molar-refractivity contribution in [3.05, 3.63) is 45.4 Å². The minimum Gasteiger partial charge on any atom is -0.338 e. The summed E-state index contributed by atoms with van der Waals surface area (Å²) in [6.45, 7) is -0.329. The molecule has 4 heterocycles. The summed E-state index contributed by atoms with van der Waals surface area (Å²) < 4.78 is 56.6. The number of hydrogen-bond acceptors (Lipinski definition) is 4. The van der Waals surface area contributed by atoms with E-state index in [1.807, 2.05) is 0 Å². The molecule has 30 heavy (non-hydrogen) atoms. The summed E-state index contributed by atoms with van der Waals surface area (Å²) in [7, 11) is 0. The number of aromatic nitrogens is 4. The zero-order valence-corrected chi connectivity index (χ0v) is 16.4. The first kappa shape index (κ1) is 20.8. The van der Waals surface area contributed by atoms with Crippen LogP contribution in [0.5, 0.6) is 0 Å². The van der Waals surface area contributed by atoms with Gasteiger partial charge in [0, 0.05) is 19.2 Å². The van der Waals surface area contributed by atoms with Crippen molar-refractivity contribution >= 4 is 17.5 Å². The topological polar surface area (TPSA) is 73.0 Å². The van der Waals surface area contributed by atoms with Gasteiger partial charge in [-0.25, -0.2) is 13.9 Å². The van der Waals surface area contributed by atoms with E-state index in [1.165, 1.54) is 6.20 Å². The first-order valence-electron chi connectivity index (χ1n) is 9.43. The maximum absolute atomic E-state index is 13.7. The molecule has 4 rings (SSSR count). The zero-order valence-electron chi connectivity index (χ0n) is 15.6. The average Bonchev–Trinajstić information content (AvgIpc) is 3.25. The second kappa shape index (κ2) is 7.68. The van der Waals surface area contributed by atoms with Gasteiger partial charge in [0.05, 0.1) is 29.7 Å². The minimum absolute atomic E-state index is 0.0218. The Bertz CT molecular complexity index is 1000. The third-order valence-corrected chi connectivity index (χ3v) is 5.72. The van der Waals surface area contributed by atoms with Gasteiger partial charge in [0.25, 0.3) is 0 Å². The fourth-order valence-corrected chi connectivity index (χ4v) is 4.14. The molecule has 0 bridgehead atoms. The van der Waals surface area contributed by atoms with Crippen molar-refractivity contribution in [1.82, 2.24) is 24.2 Å². The number of carbonyl (C=O) groups excluding carboxylic acids is 1. The van der Waals surface area contributed by atoms with Crippen LogP contribution in [0.2, 0.25) is 5.02 Å². The smallest absolute Gasteiger partial charge is 0.338 e. The Balaban J connectivity index is 1.72. The molecule has 0 aromatic carbocycles. The summed E-state index contributed by atoms with van der Waals surface area (Å²) in [4.78, 5) is 31.0. The summed E-state index contributed by atoms with van der Waals surface area (Å²) >= 11 is 5.79. The molecule has 7 nitrogen and oxygen atoms in total. The Morgan fingerprint density at radius 1 is 1.27 bits per heavy atom. The number of halogens is 5. The van der Waals surface area contributed by atoms with Crippen molar-refractivity contribution in [3.63, 3.8) is 0 Å². The number of alkyl halides is 4. The molecular weight excluding hydrogens is 430 g/mol. The van der Waals surface area contributed by atoms with Gasteiger partial charge < -0.3 is 4.90 Å². The van der Waals surface area contributed by atoms with Crippen LogP contribution in [0.25, 0.3) is 0 Å². The van der Waals surface area contributed by atoms with E-state index in [0.717, 1.165) is 14.1 Å². The molecule has 2 aliphatic heterocycles. The lowest BCUT2D eigenvalue weighted by Gasteiger charge is -2.34. The van der Waals surface area contributed by atoms with E-state index in [0.29, 0.717) is 10.7 Å². The Labute approximate surface area is 173 Å². The number of fused-ring (bicyclic) bond motifs is 1. The Kier molecular flexibility index (Phi) is 5.33. The molecule has 0 aliphatic carbocycles. The lowest BCUT2D eigenvalue weighted by atomic mass is 9.89. The molecule has 3 atom stereocenters. The number of hydrogen-bond donors (Lipinski definition) is 0. The van der Waals surface area contributed by atoms with E-state index in [1.54, 1.807) is 12.1 Å². The normalized spacial score (nSPS) is 24.2. The highest BCUT2D eigenvalue weighted by atomic mass is 35.5. The van der Waals surface area contributed by atoms with E-state index in [9.17, 15) is 27.2 Å². The van der Waals surface area contributed by atoms with Crippen LogP contribution < -0.4 is 5.69 Å². The van der Waals surface area contributed by atoms with E-state index < -0.39 is 35.9 Å². The summed E-state index contributed by atoms with van der Waals surface area (Å²) in [6, 6.07) is 1.34. The van der Waals surface area contributed by atoms with Gasteiger partial charge >= 0.3 is 11.9 Å². The molecule has 0 spiro atoms. The second-order valence-corrected chi connectivity index (χ2v) is 7.93. The largest absolute Gasteiger partial charge is 0.394 e. The van der Waals surface area contributed by atoms with Crippen LogP contribution in [0, 0.1) is 5.92 Å². The highest BCUT2D eigenvalue weighted by Gasteiger charge is 2.53. The highest BCUT2D eigenvalue weighted by molar-refractivity contribution is 6.30. The minimum atomic E-state index is -4.69. The van der Waals surface area contributed by atoms with E-state index in [-0.39, 0.29) is 44.7 Å². The molecule has 1 amide bonds. The zero-order chi connectivity index (χ0) is 21.6. The predicted molar refractivity (Wildman–Crippen MR) is 97.8 cm³/mol. The van der Waals surface area contributed by atoms with Crippen LogP contribution in [-0.2, 0) is 17.8 Å².